The van der Waals surface area contributed by atoms with Gasteiger partial charge in [0.1, 0.15) is 0 Å². The molecule has 1 aliphatic heterocycles. The third-order valence-electron chi connectivity index (χ3n) is 3.25. The lowest BCUT2D eigenvalue weighted by Gasteiger charge is -2.22. The fraction of sp³-hybridized carbons (Fsp3) is 0.312. The van der Waals surface area contributed by atoms with Gasteiger partial charge in [-0.25, -0.2) is 4.79 Å². The molecule has 0 saturated carbocycles. The maximum atomic E-state index is 10.9. The minimum absolute atomic E-state index is 0.463. The van der Waals surface area contributed by atoms with Crippen LogP contribution in [0, 0.1) is 0 Å². The molecule has 19 heavy (non-hydrogen) atoms. The van der Waals surface area contributed by atoms with Crippen LogP contribution in [0.5, 0.6) is 0 Å². The summed E-state index contributed by atoms with van der Waals surface area (Å²) in [5.41, 5.74) is 1.83. The standard InChI is InChI=1S/C16H19NO2/c18-16(19)15-10-6-12-17(13-15)11-5-4-9-14-7-2-1-3-8-14/h1-3,6-8,10,12H,4-5,9,11,13H2,(H,18,19). The van der Waals surface area contributed by atoms with Crippen molar-refractivity contribution in [2.45, 2.75) is 19.3 Å². The molecule has 100 valence electrons. The summed E-state index contributed by atoms with van der Waals surface area (Å²) in [5.74, 6) is -0.821. The zero-order chi connectivity index (χ0) is 13.5. The fourth-order valence-corrected chi connectivity index (χ4v) is 2.19. The highest BCUT2D eigenvalue weighted by Crippen LogP contribution is 2.10. The summed E-state index contributed by atoms with van der Waals surface area (Å²) in [5, 5.41) is 8.95. The number of allylic oxidation sites excluding steroid dienone is 2. The number of rotatable bonds is 6. The topological polar surface area (TPSA) is 40.5 Å². The molecule has 0 saturated heterocycles. The number of aliphatic carboxylic acids is 1. The molecule has 2 rings (SSSR count). The van der Waals surface area contributed by atoms with Crippen LogP contribution in [0.25, 0.3) is 0 Å². The Morgan fingerprint density at radius 2 is 2.00 bits per heavy atom. The summed E-state index contributed by atoms with van der Waals surface area (Å²) in [6, 6.07) is 10.4. The van der Waals surface area contributed by atoms with E-state index in [9.17, 15) is 4.79 Å². The predicted molar refractivity (Wildman–Crippen MR) is 75.8 cm³/mol. The normalized spacial score (nSPS) is 14.3. The Bertz CT molecular complexity index is 477. The van der Waals surface area contributed by atoms with E-state index >= 15 is 0 Å². The molecular formula is C16H19NO2. The smallest absolute Gasteiger partial charge is 0.333 e. The van der Waals surface area contributed by atoms with Gasteiger partial charge in [-0.2, -0.15) is 0 Å². The van der Waals surface area contributed by atoms with E-state index in [1.54, 1.807) is 6.08 Å². The van der Waals surface area contributed by atoms with Crippen molar-refractivity contribution in [3.8, 4) is 0 Å². The fourth-order valence-electron chi connectivity index (χ4n) is 2.19. The first-order valence-electron chi connectivity index (χ1n) is 6.64. The average molecular weight is 257 g/mol. The molecule has 0 fully saturated rings. The van der Waals surface area contributed by atoms with Crippen LogP contribution in [0.2, 0.25) is 0 Å². The van der Waals surface area contributed by atoms with Crippen LogP contribution in [-0.4, -0.2) is 29.1 Å². The Kier molecular flexibility index (Phi) is 4.78. The van der Waals surface area contributed by atoms with Gasteiger partial charge in [-0.15, -0.1) is 0 Å². The molecule has 0 amide bonds. The monoisotopic (exact) mass is 257 g/mol. The second kappa shape index (κ2) is 6.78. The number of carboxylic acids is 1. The van der Waals surface area contributed by atoms with Crippen molar-refractivity contribution < 1.29 is 9.90 Å². The van der Waals surface area contributed by atoms with Gasteiger partial charge in [0.2, 0.25) is 0 Å². The lowest BCUT2D eigenvalue weighted by molar-refractivity contribution is -0.132. The molecule has 3 heteroatoms. The van der Waals surface area contributed by atoms with Gasteiger partial charge in [0.25, 0.3) is 0 Å². The van der Waals surface area contributed by atoms with Crippen molar-refractivity contribution in [2.24, 2.45) is 0 Å². The minimum atomic E-state index is -0.821. The van der Waals surface area contributed by atoms with Gasteiger partial charge in [-0.3, -0.25) is 0 Å². The third kappa shape index (κ3) is 4.28. The van der Waals surface area contributed by atoms with Crippen molar-refractivity contribution >= 4 is 5.97 Å². The summed E-state index contributed by atoms with van der Waals surface area (Å²) in [7, 11) is 0. The van der Waals surface area contributed by atoms with E-state index in [4.69, 9.17) is 5.11 Å². The second-order valence-corrected chi connectivity index (χ2v) is 4.75. The number of hydrogen-bond donors (Lipinski definition) is 1. The third-order valence-corrected chi connectivity index (χ3v) is 3.25. The molecule has 3 nitrogen and oxygen atoms in total. The largest absolute Gasteiger partial charge is 0.478 e. The molecule has 1 N–H and O–H groups in total. The predicted octanol–water partition coefficient (Wildman–Crippen LogP) is 2.85. The molecule has 0 aromatic heterocycles. The van der Waals surface area contributed by atoms with E-state index < -0.39 is 5.97 Å². The SMILES string of the molecule is O=C(O)C1=CC=CN(CCCCc2ccccc2)C1. The van der Waals surface area contributed by atoms with Gasteiger partial charge in [0, 0.05) is 13.1 Å². The van der Waals surface area contributed by atoms with E-state index in [-0.39, 0.29) is 0 Å². The summed E-state index contributed by atoms with van der Waals surface area (Å²) in [4.78, 5) is 12.9. The van der Waals surface area contributed by atoms with Crippen LogP contribution < -0.4 is 0 Å². The Balaban J connectivity index is 1.68. The number of unbranched alkanes of at least 4 members (excludes halogenated alkanes) is 1. The van der Waals surface area contributed by atoms with Gasteiger partial charge >= 0.3 is 5.97 Å². The van der Waals surface area contributed by atoms with Gasteiger partial charge in [-0.1, -0.05) is 30.3 Å². The van der Waals surface area contributed by atoms with Gasteiger partial charge < -0.3 is 10.0 Å². The van der Waals surface area contributed by atoms with Gasteiger partial charge in [-0.05, 0) is 43.2 Å². The minimum Gasteiger partial charge on any atom is -0.478 e. The summed E-state index contributed by atoms with van der Waals surface area (Å²) in [6.45, 7) is 1.42. The highest BCUT2D eigenvalue weighted by Gasteiger charge is 2.12. The lowest BCUT2D eigenvalue weighted by Crippen LogP contribution is -2.26. The van der Waals surface area contributed by atoms with Crippen molar-refractivity contribution in [1.82, 2.24) is 4.90 Å². The van der Waals surface area contributed by atoms with Crippen LogP contribution >= 0.6 is 0 Å². The Morgan fingerprint density at radius 1 is 1.21 bits per heavy atom. The Labute approximate surface area is 113 Å². The van der Waals surface area contributed by atoms with E-state index in [0.717, 1.165) is 25.8 Å². The summed E-state index contributed by atoms with van der Waals surface area (Å²) in [6.07, 6.45) is 8.73. The lowest BCUT2D eigenvalue weighted by atomic mass is 10.1. The molecule has 0 atom stereocenters. The molecule has 0 radical (unpaired) electrons. The van der Waals surface area contributed by atoms with Crippen LogP contribution in [0.1, 0.15) is 18.4 Å². The zero-order valence-electron chi connectivity index (χ0n) is 11.0. The van der Waals surface area contributed by atoms with E-state index in [0.29, 0.717) is 12.1 Å². The van der Waals surface area contributed by atoms with Gasteiger partial charge in [0.05, 0.1) is 5.57 Å². The molecule has 1 aromatic carbocycles. The Morgan fingerprint density at radius 3 is 2.74 bits per heavy atom. The van der Waals surface area contributed by atoms with Crippen molar-refractivity contribution in [3.63, 3.8) is 0 Å². The van der Waals surface area contributed by atoms with E-state index in [1.165, 1.54) is 5.56 Å². The summed E-state index contributed by atoms with van der Waals surface area (Å²) >= 11 is 0. The number of carbonyl (C=O) groups is 1. The number of hydrogen-bond acceptors (Lipinski definition) is 2. The average Bonchev–Trinajstić information content (AvgIpc) is 2.45. The first-order valence-corrected chi connectivity index (χ1v) is 6.64. The van der Waals surface area contributed by atoms with Gasteiger partial charge in [0.15, 0.2) is 0 Å². The van der Waals surface area contributed by atoms with Crippen LogP contribution in [0.3, 0.4) is 0 Å². The van der Waals surface area contributed by atoms with Crippen molar-refractivity contribution in [2.75, 3.05) is 13.1 Å². The number of aryl methyl sites for hydroxylation is 1. The molecule has 0 bridgehead atoms. The quantitative estimate of drug-likeness (QED) is 0.797. The number of carboxylic acid groups (broad SMARTS) is 1. The number of nitrogens with zero attached hydrogens (tertiary/aromatic N) is 1. The highest BCUT2D eigenvalue weighted by atomic mass is 16.4. The molecule has 1 aliphatic rings. The van der Waals surface area contributed by atoms with Crippen molar-refractivity contribution in [3.05, 3.63) is 59.8 Å². The van der Waals surface area contributed by atoms with Crippen LogP contribution in [0.15, 0.2) is 54.3 Å². The molecule has 1 heterocycles. The molecular weight excluding hydrogens is 238 g/mol. The van der Waals surface area contributed by atoms with Crippen LogP contribution in [0.4, 0.5) is 0 Å². The second-order valence-electron chi connectivity index (χ2n) is 4.75. The van der Waals surface area contributed by atoms with Crippen LogP contribution in [-0.2, 0) is 11.2 Å². The van der Waals surface area contributed by atoms with E-state index in [2.05, 4.69) is 29.2 Å². The first kappa shape index (κ1) is 13.4. The first-order chi connectivity index (χ1) is 9.25. The zero-order valence-corrected chi connectivity index (χ0v) is 11.0. The number of benzene rings is 1. The molecule has 1 aromatic rings. The van der Waals surface area contributed by atoms with Crippen molar-refractivity contribution in [1.29, 1.82) is 0 Å². The highest BCUT2D eigenvalue weighted by molar-refractivity contribution is 5.87. The van der Waals surface area contributed by atoms with E-state index in [1.807, 2.05) is 18.3 Å². The maximum absolute atomic E-state index is 10.9. The molecule has 0 unspecified atom stereocenters. The molecule has 0 spiro atoms. The molecule has 0 aliphatic carbocycles. The maximum Gasteiger partial charge on any atom is 0.333 e. The Hall–Kier alpha value is -2.03. The summed E-state index contributed by atoms with van der Waals surface area (Å²) < 4.78 is 0.